The van der Waals surface area contributed by atoms with Crippen LogP contribution in [0, 0.1) is 0 Å². The SMILES string of the molecule is O=C(CSSCC(=O)OCCS)OCCS. The first kappa shape index (κ1) is 16.3. The van der Waals surface area contributed by atoms with E-state index in [1.165, 1.54) is 21.6 Å². The number of hydrogen-bond acceptors (Lipinski definition) is 8. The standard InChI is InChI=1S/C8H14O4S4/c9-7(11-1-3-13)5-15-16-6-8(10)12-2-4-14/h13-14H,1-6H2. The van der Waals surface area contributed by atoms with Crippen LogP contribution >= 0.6 is 46.8 Å². The summed E-state index contributed by atoms with van der Waals surface area (Å²) in [4.78, 5) is 22.0. The molecule has 0 aliphatic carbocycles. The van der Waals surface area contributed by atoms with Crippen LogP contribution in [0.4, 0.5) is 0 Å². The quantitative estimate of drug-likeness (QED) is 0.290. The van der Waals surface area contributed by atoms with Crippen LogP contribution in [0.3, 0.4) is 0 Å². The largest absolute Gasteiger partial charge is 0.464 e. The number of rotatable bonds is 9. The zero-order chi connectivity index (χ0) is 12.2. The molecule has 0 aliphatic heterocycles. The maximum Gasteiger partial charge on any atom is 0.316 e. The highest BCUT2D eigenvalue weighted by atomic mass is 33.1. The van der Waals surface area contributed by atoms with E-state index in [1.807, 2.05) is 0 Å². The number of esters is 2. The Morgan fingerprint density at radius 2 is 1.25 bits per heavy atom. The molecule has 0 rings (SSSR count). The maximum atomic E-state index is 11.0. The van der Waals surface area contributed by atoms with Gasteiger partial charge in [-0.05, 0) is 0 Å². The summed E-state index contributed by atoms with van der Waals surface area (Å²) in [5, 5.41) is 0. The summed E-state index contributed by atoms with van der Waals surface area (Å²) < 4.78 is 9.57. The van der Waals surface area contributed by atoms with E-state index >= 15 is 0 Å². The Hall–Kier alpha value is 0.340. The molecule has 0 unspecified atom stereocenters. The minimum Gasteiger partial charge on any atom is -0.464 e. The lowest BCUT2D eigenvalue weighted by Crippen LogP contribution is -2.10. The first-order valence-corrected chi connectivity index (χ1v) is 8.23. The molecule has 0 saturated heterocycles. The molecule has 4 nitrogen and oxygen atoms in total. The Kier molecular flexibility index (Phi) is 12.1. The first-order chi connectivity index (χ1) is 7.70. The van der Waals surface area contributed by atoms with Gasteiger partial charge in [0, 0.05) is 11.5 Å². The number of carbonyl (C=O) groups is 2. The van der Waals surface area contributed by atoms with Crippen molar-refractivity contribution in [3.8, 4) is 0 Å². The van der Waals surface area contributed by atoms with Crippen LogP contribution in [0.25, 0.3) is 0 Å². The van der Waals surface area contributed by atoms with Gasteiger partial charge in [-0.1, -0.05) is 21.6 Å². The van der Waals surface area contributed by atoms with Crippen LogP contribution in [-0.4, -0.2) is 48.2 Å². The lowest BCUT2D eigenvalue weighted by molar-refractivity contribution is -0.140. The third-order valence-electron chi connectivity index (χ3n) is 1.15. The van der Waals surface area contributed by atoms with Gasteiger partial charge in [-0.3, -0.25) is 9.59 Å². The number of hydrogen-bond donors (Lipinski definition) is 2. The van der Waals surface area contributed by atoms with Gasteiger partial charge < -0.3 is 9.47 Å². The van der Waals surface area contributed by atoms with Crippen molar-refractivity contribution in [1.82, 2.24) is 0 Å². The van der Waals surface area contributed by atoms with Gasteiger partial charge in [0.1, 0.15) is 24.7 Å². The fraction of sp³-hybridized carbons (Fsp3) is 0.750. The van der Waals surface area contributed by atoms with E-state index in [4.69, 9.17) is 9.47 Å². The summed E-state index contributed by atoms with van der Waals surface area (Å²) in [5.41, 5.74) is 0. The zero-order valence-corrected chi connectivity index (χ0v) is 12.0. The maximum absolute atomic E-state index is 11.0. The first-order valence-electron chi connectivity index (χ1n) is 4.48. The number of carbonyl (C=O) groups excluding carboxylic acids is 2. The smallest absolute Gasteiger partial charge is 0.316 e. The summed E-state index contributed by atoms with van der Waals surface area (Å²) in [6.07, 6.45) is 0. The zero-order valence-electron chi connectivity index (χ0n) is 8.59. The molecule has 0 amide bonds. The molecule has 0 bridgehead atoms. The van der Waals surface area contributed by atoms with Crippen LogP contribution in [0.1, 0.15) is 0 Å². The van der Waals surface area contributed by atoms with Gasteiger partial charge in [0.15, 0.2) is 0 Å². The monoisotopic (exact) mass is 302 g/mol. The van der Waals surface area contributed by atoms with Crippen molar-refractivity contribution in [3.05, 3.63) is 0 Å². The van der Waals surface area contributed by atoms with Crippen molar-refractivity contribution in [2.75, 3.05) is 36.2 Å². The van der Waals surface area contributed by atoms with E-state index in [1.54, 1.807) is 0 Å². The minimum atomic E-state index is -0.296. The number of ether oxygens (including phenoxy) is 2. The van der Waals surface area contributed by atoms with Crippen molar-refractivity contribution in [1.29, 1.82) is 0 Å². The molecule has 0 heterocycles. The molecular formula is C8H14O4S4. The molecule has 0 N–H and O–H groups in total. The van der Waals surface area contributed by atoms with Gasteiger partial charge in [0.2, 0.25) is 0 Å². The molecule has 0 spiro atoms. The van der Waals surface area contributed by atoms with Crippen LogP contribution in [0.15, 0.2) is 0 Å². The molecule has 0 aromatic carbocycles. The van der Waals surface area contributed by atoms with E-state index in [0.717, 1.165) is 0 Å². The van der Waals surface area contributed by atoms with Crippen LogP contribution in [0.2, 0.25) is 0 Å². The molecule has 0 saturated carbocycles. The second kappa shape index (κ2) is 11.8. The van der Waals surface area contributed by atoms with Gasteiger partial charge in [0.25, 0.3) is 0 Å². The normalized spacial score (nSPS) is 9.88. The van der Waals surface area contributed by atoms with Crippen LogP contribution in [-0.2, 0) is 19.1 Å². The van der Waals surface area contributed by atoms with E-state index in [9.17, 15) is 9.59 Å². The second-order valence-corrected chi connectivity index (χ2v) is 5.77. The number of thiol groups is 2. The summed E-state index contributed by atoms with van der Waals surface area (Å²) in [5.74, 6) is 0.876. The Morgan fingerprint density at radius 1 is 0.875 bits per heavy atom. The lowest BCUT2D eigenvalue weighted by atomic mass is 10.8. The van der Waals surface area contributed by atoms with Gasteiger partial charge in [-0.15, -0.1) is 0 Å². The minimum absolute atomic E-state index is 0.221. The third kappa shape index (κ3) is 10.8. The van der Waals surface area contributed by atoms with Crippen molar-refractivity contribution < 1.29 is 19.1 Å². The highest BCUT2D eigenvalue weighted by Gasteiger charge is 2.06. The van der Waals surface area contributed by atoms with E-state index in [-0.39, 0.29) is 23.4 Å². The molecule has 0 fully saturated rings. The van der Waals surface area contributed by atoms with Gasteiger partial charge >= 0.3 is 11.9 Å². The lowest BCUT2D eigenvalue weighted by Gasteiger charge is -2.03. The Morgan fingerprint density at radius 3 is 1.56 bits per heavy atom. The topological polar surface area (TPSA) is 52.6 Å². The van der Waals surface area contributed by atoms with Crippen LogP contribution < -0.4 is 0 Å². The van der Waals surface area contributed by atoms with Crippen molar-refractivity contribution in [2.45, 2.75) is 0 Å². The van der Waals surface area contributed by atoms with Crippen molar-refractivity contribution in [3.63, 3.8) is 0 Å². The molecule has 0 aromatic rings. The van der Waals surface area contributed by atoms with E-state index in [0.29, 0.717) is 24.7 Å². The summed E-state index contributed by atoms with van der Waals surface area (Å²) in [7, 11) is 2.54. The Labute approximate surface area is 114 Å². The van der Waals surface area contributed by atoms with Crippen molar-refractivity contribution in [2.24, 2.45) is 0 Å². The van der Waals surface area contributed by atoms with Gasteiger partial charge in [-0.2, -0.15) is 25.3 Å². The fourth-order valence-electron chi connectivity index (χ4n) is 0.582. The molecule has 8 heteroatoms. The highest BCUT2D eigenvalue weighted by molar-refractivity contribution is 8.77. The van der Waals surface area contributed by atoms with E-state index in [2.05, 4.69) is 25.3 Å². The summed E-state index contributed by atoms with van der Waals surface area (Å²) in [6, 6.07) is 0. The average Bonchev–Trinajstić information content (AvgIpc) is 2.29. The van der Waals surface area contributed by atoms with Crippen LogP contribution in [0.5, 0.6) is 0 Å². The average molecular weight is 302 g/mol. The summed E-state index contributed by atoms with van der Waals surface area (Å²) in [6.45, 7) is 0.633. The van der Waals surface area contributed by atoms with Crippen molar-refractivity contribution >= 4 is 58.8 Å². The molecule has 16 heavy (non-hydrogen) atoms. The van der Waals surface area contributed by atoms with Gasteiger partial charge in [-0.25, -0.2) is 0 Å². The third-order valence-corrected chi connectivity index (χ3v) is 3.59. The highest BCUT2D eigenvalue weighted by Crippen LogP contribution is 2.21. The molecule has 0 radical (unpaired) electrons. The van der Waals surface area contributed by atoms with Gasteiger partial charge in [0.05, 0.1) is 0 Å². The molecule has 0 aromatic heterocycles. The molecule has 94 valence electrons. The molecule has 0 aliphatic rings. The molecular weight excluding hydrogens is 288 g/mol. The second-order valence-electron chi connectivity index (χ2n) is 2.41. The molecule has 0 atom stereocenters. The Bertz CT molecular complexity index is 190. The van der Waals surface area contributed by atoms with E-state index < -0.39 is 0 Å². The fourth-order valence-corrected chi connectivity index (χ4v) is 2.37. The predicted molar refractivity (Wildman–Crippen MR) is 74.5 cm³/mol. The summed E-state index contributed by atoms with van der Waals surface area (Å²) >= 11 is 7.81. The predicted octanol–water partition coefficient (Wildman–Crippen LogP) is 1.31. The Balaban J connectivity index is 3.31.